The average Bonchev–Trinajstić information content (AvgIpc) is 3.02. The minimum atomic E-state index is -0.160. The lowest BCUT2D eigenvalue weighted by atomic mass is 10.2. The minimum Gasteiger partial charge on any atom is -0.486 e. The highest BCUT2D eigenvalue weighted by molar-refractivity contribution is 9.10. The lowest BCUT2D eigenvalue weighted by Gasteiger charge is -2.14. The zero-order valence-corrected chi connectivity index (χ0v) is 20.6. The molecule has 0 bridgehead atoms. The number of thioether (sulfide) groups is 1. The largest absolute Gasteiger partial charge is 0.486 e. The van der Waals surface area contributed by atoms with Gasteiger partial charge in [-0.3, -0.25) is 9.69 Å². The number of hydrogen-bond acceptors (Lipinski definition) is 4. The number of carbonyl (C=O) groups is 1. The first-order valence-corrected chi connectivity index (χ1v) is 11.9. The van der Waals surface area contributed by atoms with Gasteiger partial charge in [0.25, 0.3) is 5.91 Å². The van der Waals surface area contributed by atoms with E-state index in [1.165, 1.54) is 16.7 Å². The van der Waals surface area contributed by atoms with Crippen LogP contribution in [0, 0.1) is 0 Å². The van der Waals surface area contributed by atoms with Crippen LogP contribution in [0.2, 0.25) is 10.0 Å². The maximum Gasteiger partial charge on any atom is 0.270 e. The summed E-state index contributed by atoms with van der Waals surface area (Å²) in [7, 11) is 0. The summed E-state index contributed by atoms with van der Waals surface area (Å²) in [5, 5.41) is 1.05. The fraction of sp³-hybridized carbons (Fsp3) is 0.0435. The number of para-hydroxylation sites is 1. The third-order valence-corrected chi connectivity index (χ3v) is 7.00. The van der Waals surface area contributed by atoms with E-state index in [1.54, 1.807) is 12.1 Å². The number of amides is 1. The summed E-state index contributed by atoms with van der Waals surface area (Å²) in [4.78, 5) is 15.0. The van der Waals surface area contributed by atoms with E-state index in [1.807, 2.05) is 60.7 Å². The second-order valence-corrected chi connectivity index (χ2v) is 9.89. The van der Waals surface area contributed by atoms with Crippen LogP contribution in [0.15, 0.2) is 76.1 Å². The van der Waals surface area contributed by atoms with Crippen molar-refractivity contribution in [2.45, 2.75) is 6.61 Å². The van der Waals surface area contributed by atoms with Gasteiger partial charge in [0.2, 0.25) is 0 Å². The van der Waals surface area contributed by atoms with Crippen LogP contribution in [0.5, 0.6) is 5.75 Å². The van der Waals surface area contributed by atoms with Crippen molar-refractivity contribution in [3.8, 4) is 5.75 Å². The second-order valence-electron chi connectivity index (χ2n) is 6.55. The molecule has 1 fully saturated rings. The first kappa shape index (κ1) is 22.4. The maximum atomic E-state index is 12.9. The Morgan fingerprint density at radius 1 is 1.03 bits per heavy atom. The summed E-state index contributed by atoms with van der Waals surface area (Å²) in [6, 6.07) is 20.4. The predicted molar refractivity (Wildman–Crippen MR) is 137 cm³/mol. The Morgan fingerprint density at radius 2 is 1.74 bits per heavy atom. The smallest absolute Gasteiger partial charge is 0.270 e. The fourth-order valence-corrected chi connectivity index (χ4v) is 5.46. The number of carbonyl (C=O) groups excluding carboxylic acids is 1. The van der Waals surface area contributed by atoms with Crippen LogP contribution in [0.25, 0.3) is 6.08 Å². The lowest BCUT2D eigenvalue weighted by molar-refractivity contribution is -0.113. The Kier molecular flexibility index (Phi) is 7.04. The molecule has 156 valence electrons. The molecule has 1 aliphatic heterocycles. The van der Waals surface area contributed by atoms with Gasteiger partial charge in [-0.05, 0) is 57.9 Å². The van der Waals surface area contributed by atoms with Crippen molar-refractivity contribution in [1.82, 2.24) is 0 Å². The van der Waals surface area contributed by atoms with Crippen molar-refractivity contribution in [2.75, 3.05) is 4.90 Å². The number of halogens is 3. The molecular formula is C23H14BrCl2NO2S2. The molecule has 0 aromatic heterocycles. The highest BCUT2D eigenvalue weighted by atomic mass is 79.9. The zero-order valence-electron chi connectivity index (χ0n) is 15.8. The number of benzene rings is 3. The number of ether oxygens (including phenoxy) is 1. The van der Waals surface area contributed by atoms with Gasteiger partial charge in [0, 0.05) is 10.6 Å². The summed E-state index contributed by atoms with van der Waals surface area (Å²) >= 11 is 22.9. The van der Waals surface area contributed by atoms with Crippen LogP contribution in [0.1, 0.15) is 11.1 Å². The average molecular weight is 551 g/mol. The van der Waals surface area contributed by atoms with Gasteiger partial charge in [0.1, 0.15) is 6.61 Å². The maximum absolute atomic E-state index is 12.9. The van der Waals surface area contributed by atoms with Crippen LogP contribution in [0.4, 0.5) is 5.69 Å². The molecule has 31 heavy (non-hydrogen) atoms. The van der Waals surface area contributed by atoms with Gasteiger partial charge in [0.15, 0.2) is 10.1 Å². The van der Waals surface area contributed by atoms with Gasteiger partial charge in [-0.15, -0.1) is 0 Å². The van der Waals surface area contributed by atoms with Crippen LogP contribution in [-0.2, 0) is 11.4 Å². The molecule has 0 atom stereocenters. The quantitative estimate of drug-likeness (QED) is 0.240. The van der Waals surface area contributed by atoms with E-state index in [9.17, 15) is 4.79 Å². The molecule has 3 aromatic rings. The number of thiocarbonyl (C=S) groups is 1. The molecule has 3 aromatic carbocycles. The summed E-state index contributed by atoms with van der Waals surface area (Å²) in [6.45, 7) is 0.285. The molecule has 1 saturated heterocycles. The van der Waals surface area contributed by atoms with Crippen LogP contribution >= 0.6 is 63.1 Å². The van der Waals surface area contributed by atoms with Gasteiger partial charge in [-0.2, -0.15) is 0 Å². The Bertz CT molecular complexity index is 1180. The van der Waals surface area contributed by atoms with E-state index in [0.29, 0.717) is 29.5 Å². The van der Waals surface area contributed by atoms with Crippen molar-refractivity contribution in [2.24, 2.45) is 0 Å². The normalized spacial score (nSPS) is 15.1. The molecule has 0 radical (unpaired) electrons. The topological polar surface area (TPSA) is 29.5 Å². The van der Waals surface area contributed by atoms with E-state index in [4.69, 9.17) is 40.2 Å². The molecule has 8 heteroatoms. The summed E-state index contributed by atoms with van der Waals surface area (Å²) in [5.41, 5.74) is 2.37. The van der Waals surface area contributed by atoms with Gasteiger partial charge in [-0.1, -0.05) is 83.6 Å². The van der Waals surface area contributed by atoms with Crippen molar-refractivity contribution < 1.29 is 9.53 Å². The number of hydrogen-bond donors (Lipinski definition) is 0. The Balaban J connectivity index is 1.56. The molecule has 3 nitrogen and oxygen atoms in total. The third-order valence-electron chi connectivity index (χ3n) is 4.46. The predicted octanol–water partition coefficient (Wildman–Crippen LogP) is 7.74. The molecule has 1 amide bonds. The molecule has 1 aliphatic rings. The van der Waals surface area contributed by atoms with E-state index >= 15 is 0 Å². The highest BCUT2D eigenvalue weighted by Gasteiger charge is 2.33. The van der Waals surface area contributed by atoms with E-state index in [2.05, 4.69) is 15.9 Å². The third kappa shape index (κ3) is 4.99. The summed E-state index contributed by atoms with van der Waals surface area (Å²) in [5.74, 6) is 0.350. The van der Waals surface area contributed by atoms with E-state index in [-0.39, 0.29) is 12.5 Å². The van der Waals surface area contributed by atoms with Crippen LogP contribution < -0.4 is 9.64 Å². The fourth-order valence-electron chi connectivity index (χ4n) is 2.98. The van der Waals surface area contributed by atoms with Crippen LogP contribution in [-0.4, -0.2) is 10.2 Å². The molecule has 1 heterocycles. The Labute approximate surface area is 208 Å². The Morgan fingerprint density at radius 3 is 2.45 bits per heavy atom. The number of anilines is 1. The van der Waals surface area contributed by atoms with Crippen molar-refractivity contribution in [3.05, 3.63) is 97.3 Å². The molecule has 0 aliphatic carbocycles. The van der Waals surface area contributed by atoms with Gasteiger partial charge < -0.3 is 4.74 Å². The van der Waals surface area contributed by atoms with Crippen LogP contribution in [0.3, 0.4) is 0 Å². The van der Waals surface area contributed by atoms with Crippen molar-refractivity contribution >= 4 is 85.1 Å². The molecule has 0 unspecified atom stereocenters. The Hall–Kier alpha value is -1.83. The summed E-state index contributed by atoms with van der Waals surface area (Å²) < 4.78 is 7.06. The standard InChI is InChI=1S/C23H14BrCl2NO2S2/c24-17-10-14(11-19(26)21(17)29-13-15-6-4-5-9-18(15)25)12-20-22(28)27(23(30)31-20)16-7-2-1-3-8-16/h1-12H,13H2/b20-12+. The van der Waals surface area contributed by atoms with Gasteiger partial charge in [0.05, 0.1) is 20.1 Å². The van der Waals surface area contributed by atoms with E-state index < -0.39 is 0 Å². The van der Waals surface area contributed by atoms with Gasteiger partial charge in [-0.25, -0.2) is 0 Å². The van der Waals surface area contributed by atoms with Crippen molar-refractivity contribution in [1.29, 1.82) is 0 Å². The minimum absolute atomic E-state index is 0.160. The summed E-state index contributed by atoms with van der Waals surface area (Å²) in [6.07, 6.45) is 1.77. The van der Waals surface area contributed by atoms with Gasteiger partial charge >= 0.3 is 0 Å². The first-order valence-electron chi connectivity index (χ1n) is 9.12. The first-order chi connectivity index (χ1) is 14.9. The molecule has 4 rings (SSSR count). The molecule has 0 saturated carbocycles. The lowest BCUT2D eigenvalue weighted by Crippen LogP contribution is -2.27. The highest BCUT2D eigenvalue weighted by Crippen LogP contribution is 2.39. The second kappa shape index (κ2) is 9.76. The zero-order chi connectivity index (χ0) is 22.0. The molecule has 0 N–H and O–H groups in total. The monoisotopic (exact) mass is 549 g/mol. The van der Waals surface area contributed by atoms with E-state index in [0.717, 1.165) is 16.8 Å². The van der Waals surface area contributed by atoms with Crippen molar-refractivity contribution in [3.63, 3.8) is 0 Å². The number of rotatable bonds is 5. The molecule has 0 spiro atoms. The SMILES string of the molecule is O=C1/C(=C\c2cc(Cl)c(OCc3ccccc3Cl)c(Br)c2)SC(=S)N1c1ccccc1. The molecular weight excluding hydrogens is 537 g/mol. The number of nitrogens with zero attached hydrogens (tertiary/aromatic N) is 1.